The van der Waals surface area contributed by atoms with E-state index >= 15 is 0 Å². The van der Waals surface area contributed by atoms with Crippen molar-refractivity contribution in [2.75, 3.05) is 25.0 Å². The lowest BCUT2D eigenvalue weighted by Gasteiger charge is -2.21. The first-order chi connectivity index (χ1) is 16.8. The maximum absolute atomic E-state index is 13.2. The molecule has 2 aromatic carbocycles. The molecule has 35 heavy (non-hydrogen) atoms. The van der Waals surface area contributed by atoms with Crippen LogP contribution in [-0.2, 0) is 12.8 Å². The van der Waals surface area contributed by atoms with E-state index in [0.29, 0.717) is 10.8 Å². The number of alkyl halides is 3. The quantitative estimate of drug-likeness (QED) is 0.505. The molecule has 2 atom stereocenters. The van der Waals surface area contributed by atoms with Crippen LogP contribution < -0.4 is 10.6 Å². The Labute approximate surface area is 206 Å². The maximum atomic E-state index is 13.2. The molecule has 3 aromatic rings. The van der Waals surface area contributed by atoms with Crippen molar-refractivity contribution in [1.82, 2.24) is 20.0 Å². The third kappa shape index (κ3) is 5.31. The molecule has 2 aliphatic rings. The number of aryl methyl sites for hydroxylation is 1. The Hall–Kier alpha value is -3.04. The molecule has 10 heteroatoms. The first-order valence-electron chi connectivity index (χ1n) is 11.5. The van der Waals surface area contributed by atoms with Crippen molar-refractivity contribution < 1.29 is 18.0 Å². The minimum atomic E-state index is -4.32. The Morgan fingerprint density at radius 2 is 1.89 bits per heavy atom. The van der Waals surface area contributed by atoms with Crippen LogP contribution in [0.15, 0.2) is 54.6 Å². The van der Waals surface area contributed by atoms with Gasteiger partial charge in [-0.25, -0.2) is 9.48 Å². The average molecular weight is 504 g/mol. The highest BCUT2D eigenvalue weighted by atomic mass is 35.5. The van der Waals surface area contributed by atoms with Crippen molar-refractivity contribution in [1.29, 1.82) is 0 Å². The van der Waals surface area contributed by atoms with E-state index in [1.807, 2.05) is 36.4 Å². The zero-order valence-electron chi connectivity index (χ0n) is 18.9. The van der Waals surface area contributed by atoms with E-state index in [0.717, 1.165) is 41.8 Å². The smallest absolute Gasteiger partial charge is 0.333 e. The predicted octanol–water partition coefficient (Wildman–Crippen LogP) is 5.17. The van der Waals surface area contributed by atoms with Crippen molar-refractivity contribution in [2.45, 2.75) is 37.4 Å². The zero-order valence-corrected chi connectivity index (χ0v) is 19.6. The lowest BCUT2D eigenvalue weighted by molar-refractivity contribution is -0.143. The number of urea groups is 1. The molecule has 2 heterocycles. The summed E-state index contributed by atoms with van der Waals surface area (Å²) in [7, 11) is 0. The normalized spacial score (nSPS) is 20.1. The fourth-order valence-corrected chi connectivity index (χ4v) is 5.28. The van der Waals surface area contributed by atoms with Crippen LogP contribution in [0.2, 0.25) is 5.02 Å². The summed E-state index contributed by atoms with van der Waals surface area (Å²) in [5, 5.41) is 11.1. The molecule has 0 spiro atoms. The summed E-state index contributed by atoms with van der Waals surface area (Å²) in [5.74, 6) is 0.275. The van der Waals surface area contributed by atoms with Crippen LogP contribution >= 0.6 is 11.6 Å². The fourth-order valence-electron chi connectivity index (χ4n) is 5.08. The predicted molar refractivity (Wildman–Crippen MR) is 128 cm³/mol. The molecular formula is C25H25ClF3N5O. The average Bonchev–Trinajstić information content (AvgIpc) is 3.49. The van der Waals surface area contributed by atoms with Gasteiger partial charge in [-0.1, -0.05) is 41.9 Å². The number of halogens is 4. The summed E-state index contributed by atoms with van der Waals surface area (Å²) in [5.41, 5.74) is 3.58. The number of nitrogens with one attached hydrogen (secondary N) is 2. The number of anilines is 1. The van der Waals surface area contributed by atoms with Gasteiger partial charge in [-0.15, -0.1) is 0 Å². The van der Waals surface area contributed by atoms with E-state index in [2.05, 4.69) is 10.6 Å². The highest BCUT2D eigenvalue weighted by Gasteiger charge is 2.40. The Kier molecular flexibility index (Phi) is 6.46. The lowest BCUT2D eigenvalue weighted by Crippen LogP contribution is -2.43. The standard InChI is InChI=1S/C25H25ClF3N5O/c26-17-7-4-6-16(12-17)20-13-33(15-25(27,28)29)14-22(20)30-24(35)31-23-19-10-5-11-21(19)32-34(23)18-8-2-1-3-9-18/h1-4,6-9,12,20,22H,5,10-11,13-15H2,(H2,30,31,35)/t20-,22+/m1/s1. The molecular weight excluding hydrogens is 479 g/mol. The summed E-state index contributed by atoms with van der Waals surface area (Å²) >= 11 is 6.14. The molecule has 1 aliphatic heterocycles. The highest BCUT2D eigenvalue weighted by Crippen LogP contribution is 2.33. The number of fused-ring (bicyclic) bond motifs is 1. The Balaban J connectivity index is 1.37. The number of amides is 2. The van der Waals surface area contributed by atoms with Gasteiger partial charge in [0, 0.05) is 29.6 Å². The molecule has 1 saturated heterocycles. The second-order valence-corrected chi connectivity index (χ2v) is 9.49. The van der Waals surface area contributed by atoms with E-state index < -0.39 is 24.8 Å². The third-order valence-electron chi connectivity index (χ3n) is 6.53. The molecule has 0 unspecified atom stereocenters. The van der Waals surface area contributed by atoms with E-state index in [9.17, 15) is 18.0 Å². The Morgan fingerprint density at radius 1 is 1.09 bits per heavy atom. The van der Waals surface area contributed by atoms with E-state index in [4.69, 9.17) is 16.7 Å². The van der Waals surface area contributed by atoms with Crippen LogP contribution in [0.3, 0.4) is 0 Å². The van der Waals surface area contributed by atoms with Crippen molar-refractivity contribution in [2.24, 2.45) is 0 Å². The topological polar surface area (TPSA) is 62.2 Å². The van der Waals surface area contributed by atoms with E-state index in [1.54, 1.807) is 22.9 Å². The van der Waals surface area contributed by atoms with Crippen LogP contribution in [0.25, 0.3) is 5.69 Å². The van der Waals surface area contributed by atoms with Gasteiger partial charge < -0.3 is 5.32 Å². The second-order valence-electron chi connectivity index (χ2n) is 9.05. The van der Waals surface area contributed by atoms with Gasteiger partial charge in [-0.05, 0) is 49.1 Å². The van der Waals surface area contributed by atoms with Crippen molar-refractivity contribution in [3.8, 4) is 5.69 Å². The Bertz CT molecular complexity index is 1210. The first kappa shape index (κ1) is 23.7. The van der Waals surface area contributed by atoms with Crippen LogP contribution in [-0.4, -0.2) is 52.6 Å². The van der Waals surface area contributed by atoms with Gasteiger partial charge >= 0.3 is 12.2 Å². The number of carbonyl (C=O) groups excluding carboxylic acids is 1. The number of likely N-dealkylation sites (tertiary alicyclic amines) is 1. The summed E-state index contributed by atoms with van der Waals surface area (Å²) in [6, 6.07) is 15.6. The Morgan fingerprint density at radius 3 is 2.63 bits per heavy atom. The van der Waals surface area contributed by atoms with E-state index in [-0.39, 0.29) is 19.0 Å². The van der Waals surface area contributed by atoms with Crippen LogP contribution in [0, 0.1) is 0 Å². The van der Waals surface area contributed by atoms with Crippen molar-refractivity contribution in [3.05, 3.63) is 76.4 Å². The molecule has 2 amide bonds. The molecule has 6 nitrogen and oxygen atoms in total. The third-order valence-corrected chi connectivity index (χ3v) is 6.77. The number of aromatic nitrogens is 2. The SMILES string of the molecule is O=C(Nc1c2c(nn1-c1ccccc1)CCC2)N[C@H]1CN(CC(F)(F)F)C[C@@H]1c1cccc(Cl)c1. The van der Waals surface area contributed by atoms with Gasteiger partial charge in [0.05, 0.1) is 24.0 Å². The summed E-state index contributed by atoms with van der Waals surface area (Å²) < 4.78 is 41.0. The number of nitrogens with zero attached hydrogens (tertiary/aromatic N) is 3. The molecule has 0 radical (unpaired) electrons. The van der Waals surface area contributed by atoms with Gasteiger partial charge in [0.25, 0.3) is 0 Å². The molecule has 1 fully saturated rings. The van der Waals surface area contributed by atoms with E-state index in [1.165, 1.54) is 4.90 Å². The number of carbonyl (C=O) groups is 1. The number of hydrogen-bond donors (Lipinski definition) is 2. The van der Waals surface area contributed by atoms with Crippen LogP contribution in [0.1, 0.15) is 29.2 Å². The minimum Gasteiger partial charge on any atom is -0.333 e. The van der Waals surface area contributed by atoms with Gasteiger partial charge in [-0.2, -0.15) is 18.3 Å². The fraction of sp³-hybridized carbons (Fsp3) is 0.360. The molecule has 2 N–H and O–H groups in total. The van der Waals surface area contributed by atoms with Gasteiger partial charge in [0.2, 0.25) is 0 Å². The minimum absolute atomic E-state index is 0.0835. The van der Waals surface area contributed by atoms with Crippen molar-refractivity contribution >= 4 is 23.4 Å². The number of hydrogen-bond acceptors (Lipinski definition) is 3. The maximum Gasteiger partial charge on any atom is 0.401 e. The molecule has 5 rings (SSSR count). The van der Waals surface area contributed by atoms with Crippen LogP contribution in [0.5, 0.6) is 0 Å². The molecule has 1 aliphatic carbocycles. The summed E-state index contributed by atoms with van der Waals surface area (Å²) in [4.78, 5) is 14.5. The number of benzene rings is 2. The zero-order chi connectivity index (χ0) is 24.6. The summed E-state index contributed by atoms with van der Waals surface area (Å²) in [6.45, 7) is -0.777. The number of rotatable bonds is 5. The van der Waals surface area contributed by atoms with Gasteiger partial charge in [0.1, 0.15) is 5.82 Å². The molecule has 0 bridgehead atoms. The summed E-state index contributed by atoms with van der Waals surface area (Å²) in [6.07, 6.45) is -1.70. The second kappa shape index (κ2) is 9.54. The van der Waals surface area contributed by atoms with Crippen molar-refractivity contribution in [3.63, 3.8) is 0 Å². The first-order valence-corrected chi connectivity index (χ1v) is 11.9. The highest BCUT2D eigenvalue weighted by molar-refractivity contribution is 6.30. The molecule has 0 saturated carbocycles. The largest absolute Gasteiger partial charge is 0.401 e. The lowest BCUT2D eigenvalue weighted by atomic mass is 9.94. The number of para-hydroxylation sites is 1. The molecule has 1 aromatic heterocycles. The van der Waals surface area contributed by atoms with Crippen LogP contribution in [0.4, 0.5) is 23.8 Å². The molecule has 184 valence electrons. The van der Waals surface area contributed by atoms with Gasteiger partial charge in [0.15, 0.2) is 0 Å². The monoisotopic (exact) mass is 503 g/mol. The van der Waals surface area contributed by atoms with Gasteiger partial charge in [-0.3, -0.25) is 10.2 Å².